The van der Waals surface area contributed by atoms with Crippen molar-refractivity contribution in [3.63, 3.8) is 0 Å². The largest absolute Gasteiger partial charge is 0.482 e. The maximum Gasteiger partial charge on any atom is 0.341 e. The Morgan fingerprint density at radius 1 is 1.33 bits per heavy atom. The van der Waals surface area contributed by atoms with Crippen molar-refractivity contribution in [2.45, 2.75) is 32.7 Å². The Balaban J connectivity index is 1.70. The van der Waals surface area contributed by atoms with Crippen molar-refractivity contribution in [1.82, 2.24) is 9.78 Å². The van der Waals surface area contributed by atoms with E-state index in [9.17, 15) is 9.59 Å². The number of carbonyl (C=O) groups is 2. The van der Waals surface area contributed by atoms with E-state index in [2.05, 4.69) is 10.4 Å². The number of anilines is 1. The number of aliphatic carboxylic acids is 1. The molecule has 1 saturated heterocycles. The van der Waals surface area contributed by atoms with Crippen molar-refractivity contribution in [3.8, 4) is 5.75 Å². The normalized spacial score (nSPS) is 14.7. The highest BCUT2D eigenvalue weighted by atomic mass is 16.5. The van der Waals surface area contributed by atoms with Gasteiger partial charge in [-0.05, 0) is 50.5 Å². The van der Waals surface area contributed by atoms with Gasteiger partial charge in [0.1, 0.15) is 5.75 Å². The third-order valence-corrected chi connectivity index (χ3v) is 4.63. The summed E-state index contributed by atoms with van der Waals surface area (Å²) in [6, 6.07) is 5.27. The van der Waals surface area contributed by atoms with E-state index < -0.39 is 12.6 Å². The summed E-state index contributed by atoms with van der Waals surface area (Å²) in [7, 11) is 0. The van der Waals surface area contributed by atoms with E-state index in [1.54, 1.807) is 24.4 Å². The Hall–Kier alpha value is -2.87. The SMILES string of the molecule is Cc1cc(OCC(=O)O)ccc1NC(=O)c1cnn(C2CCOCC2)c1C. The molecule has 0 atom stereocenters. The molecule has 3 rings (SSSR count). The number of nitrogens with one attached hydrogen (secondary N) is 1. The maximum absolute atomic E-state index is 12.7. The molecular weight excluding hydrogens is 350 g/mol. The Bertz CT molecular complexity index is 840. The molecule has 0 radical (unpaired) electrons. The monoisotopic (exact) mass is 373 g/mol. The van der Waals surface area contributed by atoms with Gasteiger partial charge in [0, 0.05) is 24.6 Å². The number of benzene rings is 1. The van der Waals surface area contributed by atoms with E-state index in [-0.39, 0.29) is 11.9 Å². The van der Waals surface area contributed by atoms with E-state index in [1.807, 2.05) is 18.5 Å². The Kier molecular flexibility index (Phi) is 5.75. The van der Waals surface area contributed by atoms with Gasteiger partial charge < -0.3 is 19.9 Å². The van der Waals surface area contributed by atoms with Crippen molar-refractivity contribution in [1.29, 1.82) is 0 Å². The zero-order valence-corrected chi connectivity index (χ0v) is 15.4. The van der Waals surface area contributed by atoms with Crippen LogP contribution < -0.4 is 10.1 Å². The Labute approximate surface area is 157 Å². The first-order valence-electron chi connectivity index (χ1n) is 8.84. The van der Waals surface area contributed by atoms with Gasteiger partial charge in [-0.3, -0.25) is 9.48 Å². The van der Waals surface area contributed by atoms with Gasteiger partial charge in [0.2, 0.25) is 0 Å². The molecule has 1 amide bonds. The number of aryl methyl sites for hydroxylation is 1. The minimum atomic E-state index is -1.04. The van der Waals surface area contributed by atoms with Crippen LogP contribution in [0.2, 0.25) is 0 Å². The quantitative estimate of drug-likeness (QED) is 0.807. The number of carbonyl (C=O) groups excluding carboxylic acids is 1. The van der Waals surface area contributed by atoms with Crippen molar-refractivity contribution in [2.75, 3.05) is 25.1 Å². The lowest BCUT2D eigenvalue weighted by atomic mass is 10.1. The number of ether oxygens (including phenoxy) is 2. The first-order valence-corrected chi connectivity index (χ1v) is 8.84. The van der Waals surface area contributed by atoms with Gasteiger partial charge in [-0.1, -0.05) is 0 Å². The molecule has 0 bridgehead atoms. The van der Waals surface area contributed by atoms with Gasteiger partial charge >= 0.3 is 5.97 Å². The second kappa shape index (κ2) is 8.22. The average Bonchev–Trinajstić information content (AvgIpc) is 3.04. The predicted octanol–water partition coefficient (Wildman–Crippen LogP) is 2.57. The lowest BCUT2D eigenvalue weighted by Crippen LogP contribution is -2.22. The maximum atomic E-state index is 12.7. The van der Waals surface area contributed by atoms with Gasteiger partial charge in [-0.25, -0.2) is 4.79 Å². The lowest BCUT2D eigenvalue weighted by molar-refractivity contribution is -0.139. The molecule has 2 heterocycles. The first kappa shape index (κ1) is 18.9. The second-order valence-corrected chi connectivity index (χ2v) is 6.55. The fourth-order valence-electron chi connectivity index (χ4n) is 3.15. The molecule has 27 heavy (non-hydrogen) atoms. The average molecular weight is 373 g/mol. The van der Waals surface area contributed by atoms with Crippen LogP contribution >= 0.6 is 0 Å². The fraction of sp³-hybridized carbons (Fsp3) is 0.421. The van der Waals surface area contributed by atoms with E-state index in [1.165, 1.54) is 0 Å². The highest BCUT2D eigenvalue weighted by Gasteiger charge is 2.22. The summed E-state index contributed by atoms with van der Waals surface area (Å²) in [5, 5.41) is 16.0. The number of aromatic nitrogens is 2. The second-order valence-electron chi connectivity index (χ2n) is 6.55. The molecule has 0 saturated carbocycles. The number of hydrogen-bond acceptors (Lipinski definition) is 5. The number of amides is 1. The van der Waals surface area contributed by atoms with Crippen LogP contribution in [-0.4, -0.2) is 46.6 Å². The Morgan fingerprint density at radius 3 is 2.74 bits per heavy atom. The third kappa shape index (κ3) is 4.46. The molecule has 1 aliphatic rings. The lowest BCUT2D eigenvalue weighted by Gasteiger charge is -2.23. The standard InChI is InChI=1S/C19H23N3O5/c1-12-9-15(27-11-18(23)24)3-4-17(12)21-19(25)16-10-20-22(13(16)2)14-5-7-26-8-6-14/h3-4,9-10,14H,5-8,11H2,1-2H3,(H,21,25)(H,23,24). The summed E-state index contributed by atoms with van der Waals surface area (Å²) < 4.78 is 12.4. The van der Waals surface area contributed by atoms with Crippen LogP contribution in [0, 0.1) is 13.8 Å². The van der Waals surface area contributed by atoms with Crippen LogP contribution in [-0.2, 0) is 9.53 Å². The molecule has 0 spiro atoms. The van der Waals surface area contributed by atoms with Crippen LogP contribution in [0.1, 0.15) is 40.5 Å². The molecule has 1 fully saturated rings. The Morgan fingerprint density at radius 2 is 2.07 bits per heavy atom. The first-order chi connectivity index (χ1) is 13.0. The highest BCUT2D eigenvalue weighted by molar-refractivity contribution is 6.05. The molecule has 2 aromatic rings. The number of hydrogen-bond donors (Lipinski definition) is 2. The number of carboxylic acid groups (broad SMARTS) is 1. The van der Waals surface area contributed by atoms with Crippen molar-refractivity contribution >= 4 is 17.6 Å². The molecule has 8 heteroatoms. The summed E-state index contributed by atoms with van der Waals surface area (Å²) in [5.41, 5.74) is 2.78. The van der Waals surface area contributed by atoms with Crippen LogP contribution in [0.25, 0.3) is 0 Å². The van der Waals surface area contributed by atoms with Crippen LogP contribution in [0.5, 0.6) is 5.75 Å². The van der Waals surface area contributed by atoms with Gasteiger partial charge in [-0.15, -0.1) is 0 Å². The van der Waals surface area contributed by atoms with Crippen molar-refractivity contribution in [2.24, 2.45) is 0 Å². The molecular formula is C19H23N3O5. The molecule has 0 aliphatic carbocycles. The zero-order valence-electron chi connectivity index (χ0n) is 15.4. The minimum Gasteiger partial charge on any atom is -0.482 e. The summed E-state index contributed by atoms with van der Waals surface area (Å²) in [6.45, 7) is 4.73. The van der Waals surface area contributed by atoms with E-state index >= 15 is 0 Å². The predicted molar refractivity (Wildman–Crippen MR) is 98.3 cm³/mol. The number of nitrogens with zero attached hydrogens (tertiary/aromatic N) is 2. The van der Waals surface area contributed by atoms with Gasteiger partial charge in [0.05, 0.1) is 17.8 Å². The summed E-state index contributed by atoms with van der Waals surface area (Å²) >= 11 is 0. The molecule has 1 aromatic carbocycles. The molecule has 0 unspecified atom stereocenters. The van der Waals surface area contributed by atoms with Gasteiger partial charge in [-0.2, -0.15) is 5.10 Å². The summed E-state index contributed by atoms with van der Waals surface area (Å²) in [5.74, 6) is -0.827. The summed E-state index contributed by atoms with van der Waals surface area (Å²) in [4.78, 5) is 23.3. The molecule has 1 aliphatic heterocycles. The van der Waals surface area contributed by atoms with Crippen LogP contribution in [0.15, 0.2) is 24.4 Å². The van der Waals surface area contributed by atoms with E-state index in [0.29, 0.717) is 30.2 Å². The fourth-order valence-corrected chi connectivity index (χ4v) is 3.15. The molecule has 144 valence electrons. The van der Waals surface area contributed by atoms with Crippen LogP contribution in [0.4, 0.5) is 5.69 Å². The topological polar surface area (TPSA) is 103 Å². The van der Waals surface area contributed by atoms with Crippen molar-refractivity contribution in [3.05, 3.63) is 41.2 Å². The zero-order chi connectivity index (χ0) is 19.4. The minimum absolute atomic E-state index is 0.229. The highest BCUT2D eigenvalue weighted by Crippen LogP contribution is 2.25. The van der Waals surface area contributed by atoms with E-state index in [0.717, 1.165) is 24.1 Å². The smallest absolute Gasteiger partial charge is 0.341 e. The third-order valence-electron chi connectivity index (χ3n) is 4.63. The number of rotatable bonds is 6. The van der Waals surface area contributed by atoms with Crippen molar-refractivity contribution < 1.29 is 24.2 Å². The number of carboxylic acids is 1. The van der Waals surface area contributed by atoms with Crippen LogP contribution in [0.3, 0.4) is 0 Å². The van der Waals surface area contributed by atoms with Gasteiger partial charge in [0.15, 0.2) is 6.61 Å². The molecule has 2 N–H and O–H groups in total. The molecule has 1 aromatic heterocycles. The van der Waals surface area contributed by atoms with Gasteiger partial charge in [0.25, 0.3) is 5.91 Å². The summed E-state index contributed by atoms with van der Waals surface area (Å²) in [6.07, 6.45) is 3.38. The molecule has 8 nitrogen and oxygen atoms in total. The van der Waals surface area contributed by atoms with E-state index in [4.69, 9.17) is 14.6 Å².